The van der Waals surface area contributed by atoms with Crippen molar-refractivity contribution in [2.75, 3.05) is 13.2 Å². The van der Waals surface area contributed by atoms with E-state index in [1.807, 2.05) is 0 Å². The molecule has 0 saturated carbocycles. The second-order valence-electron chi connectivity index (χ2n) is 24.5. The lowest BCUT2D eigenvalue weighted by atomic mass is 10.0. The zero-order chi connectivity index (χ0) is 57.1. The zero-order valence-corrected chi connectivity index (χ0v) is 53.7. The van der Waals surface area contributed by atoms with Crippen LogP contribution < -0.4 is 0 Å². The molecule has 0 aromatic rings. The number of carbonyl (C=O) groups is 3. The standard InChI is InChI=1S/C73H138O6/c1-4-7-10-13-16-19-22-25-28-31-34-35-36-37-38-40-42-45-48-51-54-57-60-63-66-72(75)78-69-70(68-77-71(74)65-62-59-56-53-50-47-44-41-33-30-27-24-21-18-15-12-9-6-3)79-73(76)67-64-61-58-55-52-49-46-43-39-32-29-26-23-20-17-14-11-8-5-2/h21,24,30,33,70H,4-20,22-23,25-29,31-32,34-69H2,1-3H3/b24-21-,33-30-. The average molecular weight is 1110 g/mol. The molecule has 0 aliphatic carbocycles. The molecule has 1 atom stereocenters. The van der Waals surface area contributed by atoms with E-state index in [2.05, 4.69) is 45.1 Å². The SMILES string of the molecule is CCCCCC/C=C\C/C=C\CCCCCCCCCC(=O)OCC(COC(=O)CCCCCCCCCCCCCCCCCCCCCCCCCC)OC(=O)CCCCCCCCCCCCCCCCCCCCC. The Morgan fingerprint density at radius 2 is 0.456 bits per heavy atom. The maximum Gasteiger partial charge on any atom is 0.306 e. The van der Waals surface area contributed by atoms with Crippen LogP contribution in [0.5, 0.6) is 0 Å². The van der Waals surface area contributed by atoms with E-state index in [-0.39, 0.29) is 31.1 Å². The lowest BCUT2D eigenvalue weighted by Crippen LogP contribution is -2.30. The van der Waals surface area contributed by atoms with Crippen LogP contribution in [0, 0.1) is 0 Å². The van der Waals surface area contributed by atoms with Crippen LogP contribution >= 0.6 is 0 Å². The predicted molar refractivity (Wildman–Crippen MR) is 344 cm³/mol. The van der Waals surface area contributed by atoms with Gasteiger partial charge in [0.25, 0.3) is 0 Å². The Balaban J connectivity index is 4.28. The summed E-state index contributed by atoms with van der Waals surface area (Å²) in [5, 5.41) is 0. The van der Waals surface area contributed by atoms with Gasteiger partial charge >= 0.3 is 17.9 Å². The van der Waals surface area contributed by atoms with Gasteiger partial charge in [0.2, 0.25) is 0 Å². The molecule has 0 rings (SSSR count). The van der Waals surface area contributed by atoms with E-state index in [4.69, 9.17) is 14.2 Å². The summed E-state index contributed by atoms with van der Waals surface area (Å²) in [6, 6.07) is 0. The molecule has 0 bridgehead atoms. The number of rotatable bonds is 67. The zero-order valence-electron chi connectivity index (χ0n) is 53.7. The van der Waals surface area contributed by atoms with E-state index in [1.165, 1.54) is 295 Å². The molecule has 0 spiro atoms. The molecule has 0 aromatic carbocycles. The smallest absolute Gasteiger partial charge is 0.306 e. The fourth-order valence-corrected chi connectivity index (χ4v) is 11.1. The number of allylic oxidation sites excluding steroid dienone is 4. The molecule has 0 amide bonds. The fraction of sp³-hybridized carbons (Fsp3) is 0.904. The van der Waals surface area contributed by atoms with Crippen molar-refractivity contribution >= 4 is 17.9 Å². The molecule has 6 heteroatoms. The second kappa shape index (κ2) is 68.4. The molecule has 0 radical (unpaired) electrons. The van der Waals surface area contributed by atoms with E-state index in [9.17, 15) is 14.4 Å². The first-order valence-corrected chi connectivity index (χ1v) is 35.8. The number of carbonyl (C=O) groups excluding carboxylic acids is 3. The van der Waals surface area contributed by atoms with E-state index >= 15 is 0 Å². The van der Waals surface area contributed by atoms with Gasteiger partial charge in [0.15, 0.2) is 6.10 Å². The Kier molecular flexibility index (Phi) is 66.6. The lowest BCUT2D eigenvalue weighted by Gasteiger charge is -2.18. The molecule has 0 aliphatic rings. The largest absolute Gasteiger partial charge is 0.462 e. The monoisotopic (exact) mass is 1110 g/mol. The summed E-state index contributed by atoms with van der Waals surface area (Å²) >= 11 is 0. The van der Waals surface area contributed by atoms with Crippen molar-refractivity contribution in [3.8, 4) is 0 Å². The minimum Gasteiger partial charge on any atom is -0.462 e. The lowest BCUT2D eigenvalue weighted by molar-refractivity contribution is -0.167. The van der Waals surface area contributed by atoms with Crippen molar-refractivity contribution in [1.29, 1.82) is 0 Å². The minimum atomic E-state index is -0.772. The van der Waals surface area contributed by atoms with Crippen LogP contribution in [0.25, 0.3) is 0 Å². The summed E-state index contributed by atoms with van der Waals surface area (Å²) < 4.78 is 17.0. The van der Waals surface area contributed by atoms with Crippen LogP contribution in [-0.4, -0.2) is 37.2 Å². The van der Waals surface area contributed by atoms with Crippen LogP contribution in [0.15, 0.2) is 24.3 Å². The predicted octanol–water partition coefficient (Wildman–Crippen LogP) is 24.6. The van der Waals surface area contributed by atoms with Crippen molar-refractivity contribution in [2.24, 2.45) is 0 Å². The van der Waals surface area contributed by atoms with Crippen LogP contribution in [0.4, 0.5) is 0 Å². The molecule has 79 heavy (non-hydrogen) atoms. The maximum atomic E-state index is 13.0. The molecule has 0 heterocycles. The quantitative estimate of drug-likeness (QED) is 0.0261. The molecule has 0 fully saturated rings. The van der Waals surface area contributed by atoms with Gasteiger partial charge in [-0.05, 0) is 51.4 Å². The number of unbranched alkanes of at least 4 members (excludes halogenated alkanes) is 52. The normalized spacial score (nSPS) is 12.1. The molecule has 0 N–H and O–H groups in total. The van der Waals surface area contributed by atoms with E-state index in [1.54, 1.807) is 0 Å². The van der Waals surface area contributed by atoms with Gasteiger partial charge in [-0.15, -0.1) is 0 Å². The van der Waals surface area contributed by atoms with Crippen LogP contribution in [0.1, 0.15) is 406 Å². The summed E-state index contributed by atoms with van der Waals surface area (Å²) in [7, 11) is 0. The summed E-state index contributed by atoms with van der Waals surface area (Å²) in [6.45, 7) is 6.71. The Morgan fingerprint density at radius 3 is 0.709 bits per heavy atom. The van der Waals surface area contributed by atoms with Gasteiger partial charge in [0.05, 0.1) is 0 Å². The summed E-state index contributed by atoms with van der Waals surface area (Å²) in [4.78, 5) is 38.5. The number of hydrogen-bond acceptors (Lipinski definition) is 6. The number of esters is 3. The van der Waals surface area contributed by atoms with E-state index in [0.717, 1.165) is 70.6 Å². The van der Waals surface area contributed by atoms with Crippen molar-refractivity contribution in [3.63, 3.8) is 0 Å². The van der Waals surface area contributed by atoms with E-state index < -0.39 is 6.10 Å². The van der Waals surface area contributed by atoms with Crippen molar-refractivity contribution in [3.05, 3.63) is 24.3 Å². The topological polar surface area (TPSA) is 78.9 Å². The maximum absolute atomic E-state index is 13.0. The third kappa shape index (κ3) is 66.6. The van der Waals surface area contributed by atoms with Crippen molar-refractivity contribution in [2.45, 2.75) is 412 Å². The average Bonchev–Trinajstić information content (AvgIpc) is 3.45. The molecular weight excluding hydrogens is 973 g/mol. The van der Waals surface area contributed by atoms with Crippen LogP contribution in [-0.2, 0) is 28.6 Å². The minimum absolute atomic E-state index is 0.0670. The van der Waals surface area contributed by atoms with Gasteiger partial charge in [-0.2, -0.15) is 0 Å². The van der Waals surface area contributed by atoms with Crippen LogP contribution in [0.2, 0.25) is 0 Å². The van der Waals surface area contributed by atoms with Gasteiger partial charge in [-0.25, -0.2) is 0 Å². The van der Waals surface area contributed by atoms with E-state index in [0.29, 0.717) is 19.3 Å². The first kappa shape index (κ1) is 76.9. The molecular formula is C73H138O6. The van der Waals surface area contributed by atoms with Gasteiger partial charge in [-0.1, -0.05) is 360 Å². The summed E-state index contributed by atoms with van der Waals surface area (Å²) in [6.07, 6.45) is 83.5. The van der Waals surface area contributed by atoms with Gasteiger partial charge in [-0.3, -0.25) is 14.4 Å². The highest BCUT2D eigenvalue weighted by molar-refractivity contribution is 5.71. The Labute approximate surface area is 493 Å². The first-order chi connectivity index (χ1) is 39.0. The molecule has 0 aromatic heterocycles. The van der Waals surface area contributed by atoms with Gasteiger partial charge < -0.3 is 14.2 Å². The number of hydrogen-bond donors (Lipinski definition) is 0. The Morgan fingerprint density at radius 1 is 0.253 bits per heavy atom. The fourth-order valence-electron chi connectivity index (χ4n) is 11.1. The number of ether oxygens (including phenoxy) is 3. The highest BCUT2D eigenvalue weighted by Gasteiger charge is 2.19. The third-order valence-electron chi connectivity index (χ3n) is 16.5. The second-order valence-corrected chi connectivity index (χ2v) is 24.5. The molecule has 0 aliphatic heterocycles. The van der Waals surface area contributed by atoms with Crippen molar-refractivity contribution in [1.82, 2.24) is 0 Å². The molecule has 6 nitrogen and oxygen atoms in total. The Bertz CT molecular complexity index is 1270. The summed E-state index contributed by atoms with van der Waals surface area (Å²) in [5.74, 6) is -0.840. The van der Waals surface area contributed by atoms with Crippen molar-refractivity contribution < 1.29 is 28.6 Å². The third-order valence-corrected chi connectivity index (χ3v) is 16.5. The summed E-state index contributed by atoms with van der Waals surface area (Å²) in [5.41, 5.74) is 0. The molecule has 0 saturated heterocycles. The van der Waals surface area contributed by atoms with Gasteiger partial charge in [0.1, 0.15) is 13.2 Å². The highest BCUT2D eigenvalue weighted by atomic mass is 16.6. The molecule has 466 valence electrons. The molecule has 1 unspecified atom stereocenters. The van der Waals surface area contributed by atoms with Crippen LogP contribution in [0.3, 0.4) is 0 Å². The first-order valence-electron chi connectivity index (χ1n) is 35.8. The Hall–Kier alpha value is -2.11. The van der Waals surface area contributed by atoms with Gasteiger partial charge in [0, 0.05) is 19.3 Å². The highest BCUT2D eigenvalue weighted by Crippen LogP contribution is 2.19.